The Morgan fingerprint density at radius 2 is 2.18 bits per heavy atom. The quantitative estimate of drug-likeness (QED) is 0.761. The van der Waals surface area contributed by atoms with E-state index in [0.29, 0.717) is 19.6 Å². The number of imidazole rings is 1. The van der Waals surface area contributed by atoms with Crippen LogP contribution in [0, 0.1) is 12.3 Å². The molecule has 2 aromatic heterocycles. The molecule has 1 aliphatic carbocycles. The molecular formula is C21H29N5O2. The summed E-state index contributed by atoms with van der Waals surface area (Å²) in [5.74, 6) is 1.02. The molecule has 0 bridgehead atoms. The highest BCUT2D eigenvalue weighted by atomic mass is 16.5. The average Bonchev–Trinajstić information content (AvgIpc) is 3.06. The van der Waals surface area contributed by atoms with Crippen molar-refractivity contribution < 1.29 is 9.53 Å². The van der Waals surface area contributed by atoms with Gasteiger partial charge in [0.15, 0.2) is 0 Å². The van der Waals surface area contributed by atoms with Crippen molar-refractivity contribution in [3.8, 4) is 0 Å². The number of nitrogens with one attached hydrogen (secondary N) is 1. The molecule has 2 amide bonds. The monoisotopic (exact) mass is 383 g/mol. The standard InChI is InChI=1S/C21H29N5O2/c1-17-23-10-11-25(17)16-21(6-7-21)15-24-20(27)26(14-19-3-2-12-28-19)13-18-4-8-22-9-5-18/h4-5,8-11,19H,2-3,6-7,12-16H2,1H3,(H,24,27)/t19-/m1/s1. The largest absolute Gasteiger partial charge is 0.376 e. The average molecular weight is 383 g/mol. The van der Waals surface area contributed by atoms with Gasteiger partial charge in [0, 0.05) is 63.0 Å². The van der Waals surface area contributed by atoms with Gasteiger partial charge in [0.1, 0.15) is 5.82 Å². The number of aryl methyl sites for hydroxylation is 1. The molecule has 1 saturated carbocycles. The van der Waals surface area contributed by atoms with Crippen LogP contribution < -0.4 is 5.32 Å². The van der Waals surface area contributed by atoms with E-state index >= 15 is 0 Å². The van der Waals surface area contributed by atoms with Crippen LogP contribution in [-0.4, -0.2) is 51.3 Å². The van der Waals surface area contributed by atoms with Crippen LogP contribution >= 0.6 is 0 Å². The van der Waals surface area contributed by atoms with E-state index in [0.717, 1.165) is 50.2 Å². The molecule has 28 heavy (non-hydrogen) atoms. The first-order valence-electron chi connectivity index (χ1n) is 10.1. The smallest absolute Gasteiger partial charge is 0.317 e. The highest BCUT2D eigenvalue weighted by Gasteiger charge is 2.43. The summed E-state index contributed by atoms with van der Waals surface area (Å²) in [7, 11) is 0. The molecule has 0 aromatic carbocycles. The normalized spacial score (nSPS) is 20.1. The van der Waals surface area contributed by atoms with Crippen molar-refractivity contribution in [1.82, 2.24) is 24.8 Å². The molecule has 1 aliphatic heterocycles. The number of hydrogen-bond donors (Lipinski definition) is 1. The Hall–Kier alpha value is -2.41. The number of amides is 2. The molecular weight excluding hydrogens is 354 g/mol. The number of pyridine rings is 1. The molecule has 0 unspecified atom stereocenters. The van der Waals surface area contributed by atoms with Crippen molar-refractivity contribution in [2.45, 2.75) is 51.8 Å². The molecule has 150 valence electrons. The summed E-state index contributed by atoms with van der Waals surface area (Å²) in [4.78, 5) is 23.3. The maximum Gasteiger partial charge on any atom is 0.317 e. The molecule has 1 N–H and O–H groups in total. The summed E-state index contributed by atoms with van der Waals surface area (Å²) in [6.45, 7) is 5.62. The number of nitrogens with zero attached hydrogens (tertiary/aromatic N) is 4. The lowest BCUT2D eigenvalue weighted by Crippen LogP contribution is -2.45. The first-order valence-corrected chi connectivity index (χ1v) is 10.1. The number of carbonyl (C=O) groups excluding carboxylic acids is 1. The van der Waals surface area contributed by atoms with E-state index in [1.165, 1.54) is 0 Å². The second-order valence-electron chi connectivity index (χ2n) is 8.13. The van der Waals surface area contributed by atoms with Crippen LogP contribution in [0.1, 0.15) is 37.1 Å². The highest BCUT2D eigenvalue weighted by Crippen LogP contribution is 2.46. The number of aromatic nitrogens is 3. The Morgan fingerprint density at radius 3 is 2.82 bits per heavy atom. The van der Waals surface area contributed by atoms with Gasteiger partial charge in [-0.2, -0.15) is 0 Å². The van der Waals surface area contributed by atoms with Crippen molar-refractivity contribution in [2.75, 3.05) is 19.7 Å². The van der Waals surface area contributed by atoms with Gasteiger partial charge in [-0.1, -0.05) is 0 Å². The van der Waals surface area contributed by atoms with E-state index in [4.69, 9.17) is 4.74 Å². The van der Waals surface area contributed by atoms with E-state index in [1.807, 2.05) is 36.4 Å². The first-order chi connectivity index (χ1) is 13.6. The molecule has 2 aliphatic rings. The van der Waals surface area contributed by atoms with Gasteiger partial charge in [-0.15, -0.1) is 0 Å². The van der Waals surface area contributed by atoms with Crippen molar-refractivity contribution in [1.29, 1.82) is 0 Å². The maximum atomic E-state index is 13.0. The number of hydrogen-bond acceptors (Lipinski definition) is 4. The van der Waals surface area contributed by atoms with Crippen LogP contribution in [0.5, 0.6) is 0 Å². The number of carbonyl (C=O) groups is 1. The summed E-state index contributed by atoms with van der Waals surface area (Å²) >= 11 is 0. The third kappa shape index (κ3) is 4.70. The molecule has 7 heteroatoms. The van der Waals surface area contributed by atoms with Crippen molar-refractivity contribution in [3.63, 3.8) is 0 Å². The second kappa shape index (κ2) is 8.31. The van der Waals surface area contributed by atoms with Crippen molar-refractivity contribution in [3.05, 3.63) is 48.3 Å². The molecule has 3 heterocycles. The summed E-state index contributed by atoms with van der Waals surface area (Å²) in [6, 6.07) is 3.90. The maximum absolute atomic E-state index is 13.0. The Labute approximate surface area is 166 Å². The lowest BCUT2D eigenvalue weighted by molar-refractivity contribution is 0.0791. The van der Waals surface area contributed by atoms with Gasteiger partial charge in [-0.25, -0.2) is 9.78 Å². The van der Waals surface area contributed by atoms with Gasteiger partial charge in [-0.3, -0.25) is 4.98 Å². The Kier molecular flexibility index (Phi) is 5.62. The lowest BCUT2D eigenvalue weighted by atomic mass is 10.1. The fourth-order valence-corrected chi connectivity index (χ4v) is 3.84. The predicted molar refractivity (Wildman–Crippen MR) is 106 cm³/mol. The lowest BCUT2D eigenvalue weighted by Gasteiger charge is -2.27. The van der Waals surface area contributed by atoms with Gasteiger partial charge in [0.05, 0.1) is 6.10 Å². The van der Waals surface area contributed by atoms with Crippen LogP contribution in [0.25, 0.3) is 0 Å². The van der Waals surface area contributed by atoms with E-state index in [-0.39, 0.29) is 17.6 Å². The number of ether oxygens (including phenoxy) is 1. The van der Waals surface area contributed by atoms with Crippen LogP contribution in [0.15, 0.2) is 36.9 Å². The zero-order chi connectivity index (χ0) is 19.4. The highest BCUT2D eigenvalue weighted by molar-refractivity contribution is 5.74. The SMILES string of the molecule is Cc1nccn1CC1(CNC(=O)N(Cc2ccncc2)C[C@H]2CCCO2)CC1. The van der Waals surface area contributed by atoms with Crippen LogP contribution in [0.2, 0.25) is 0 Å². The Morgan fingerprint density at radius 1 is 1.36 bits per heavy atom. The van der Waals surface area contributed by atoms with Gasteiger partial charge in [0.2, 0.25) is 0 Å². The summed E-state index contributed by atoms with van der Waals surface area (Å²) in [5, 5.41) is 3.19. The molecule has 1 saturated heterocycles. The molecule has 1 atom stereocenters. The third-order valence-corrected chi connectivity index (χ3v) is 5.86. The Balaban J connectivity index is 1.36. The summed E-state index contributed by atoms with van der Waals surface area (Å²) < 4.78 is 7.95. The molecule has 7 nitrogen and oxygen atoms in total. The van der Waals surface area contributed by atoms with Crippen molar-refractivity contribution in [2.24, 2.45) is 5.41 Å². The fraction of sp³-hybridized carbons (Fsp3) is 0.571. The van der Waals surface area contributed by atoms with Crippen LogP contribution in [0.3, 0.4) is 0 Å². The summed E-state index contributed by atoms with van der Waals surface area (Å²) in [6.07, 6.45) is 11.9. The topological polar surface area (TPSA) is 72.3 Å². The van der Waals surface area contributed by atoms with E-state index in [2.05, 4.69) is 19.9 Å². The molecule has 2 aromatic rings. The van der Waals surface area contributed by atoms with Gasteiger partial charge < -0.3 is 19.5 Å². The molecule has 2 fully saturated rings. The first kappa shape index (κ1) is 18.9. The minimum atomic E-state index is -0.0130. The van der Waals surface area contributed by atoms with Gasteiger partial charge in [-0.05, 0) is 50.3 Å². The number of urea groups is 1. The zero-order valence-electron chi connectivity index (χ0n) is 16.5. The van der Waals surface area contributed by atoms with E-state index in [9.17, 15) is 4.79 Å². The van der Waals surface area contributed by atoms with E-state index < -0.39 is 0 Å². The van der Waals surface area contributed by atoms with Crippen LogP contribution in [-0.2, 0) is 17.8 Å². The third-order valence-electron chi connectivity index (χ3n) is 5.86. The van der Waals surface area contributed by atoms with Crippen molar-refractivity contribution >= 4 is 6.03 Å². The minimum Gasteiger partial charge on any atom is -0.376 e. The second-order valence-corrected chi connectivity index (χ2v) is 8.13. The minimum absolute atomic E-state index is 0.0130. The molecule has 0 radical (unpaired) electrons. The van der Waals surface area contributed by atoms with Crippen LogP contribution in [0.4, 0.5) is 4.79 Å². The molecule has 4 rings (SSSR count). The zero-order valence-corrected chi connectivity index (χ0v) is 16.5. The number of rotatable bonds is 8. The fourth-order valence-electron chi connectivity index (χ4n) is 3.84. The summed E-state index contributed by atoms with van der Waals surface area (Å²) in [5.41, 5.74) is 1.24. The van der Waals surface area contributed by atoms with E-state index in [1.54, 1.807) is 12.4 Å². The van der Waals surface area contributed by atoms with Gasteiger partial charge in [0.25, 0.3) is 0 Å². The Bertz CT molecular complexity index is 781. The van der Waals surface area contributed by atoms with Gasteiger partial charge >= 0.3 is 6.03 Å². The molecule has 0 spiro atoms. The predicted octanol–water partition coefficient (Wildman–Crippen LogP) is 2.76.